The van der Waals surface area contributed by atoms with Gasteiger partial charge in [0.2, 0.25) is 5.91 Å². The summed E-state index contributed by atoms with van der Waals surface area (Å²) in [5, 5.41) is 23.3. The molecule has 0 saturated carbocycles. The summed E-state index contributed by atoms with van der Waals surface area (Å²) in [4.78, 5) is 24.6. The number of aliphatic hydroxyl groups excluding tert-OH is 2. The highest BCUT2D eigenvalue weighted by molar-refractivity contribution is 5.76. The highest BCUT2D eigenvalue weighted by atomic mass is 16.5. The number of nitrogens with one attached hydrogen (secondary N) is 1. The molecule has 0 aliphatic carbocycles. The fraction of sp³-hybridized carbons (Fsp3) is 0.897. The van der Waals surface area contributed by atoms with E-state index >= 15 is 0 Å². The minimum atomic E-state index is -0.841. The van der Waals surface area contributed by atoms with Crippen LogP contribution >= 0.6 is 0 Å². The van der Waals surface area contributed by atoms with Crippen molar-refractivity contribution in [2.45, 2.75) is 437 Å². The molecular formula is C78H149NO5. The van der Waals surface area contributed by atoms with Gasteiger partial charge in [-0.2, -0.15) is 0 Å². The van der Waals surface area contributed by atoms with Crippen molar-refractivity contribution in [1.29, 1.82) is 0 Å². The van der Waals surface area contributed by atoms with Gasteiger partial charge in [0.05, 0.1) is 25.4 Å². The summed E-state index contributed by atoms with van der Waals surface area (Å²) in [6, 6.07) is -0.624. The van der Waals surface area contributed by atoms with E-state index in [2.05, 4.69) is 43.5 Å². The molecule has 3 N–H and O–H groups in total. The summed E-state index contributed by atoms with van der Waals surface area (Å²) in [6.07, 6.45) is 95.5. The van der Waals surface area contributed by atoms with Crippen LogP contribution in [0.1, 0.15) is 425 Å². The number of hydrogen-bond acceptors (Lipinski definition) is 5. The van der Waals surface area contributed by atoms with Crippen LogP contribution in [0.4, 0.5) is 0 Å². The molecule has 0 radical (unpaired) electrons. The van der Waals surface area contributed by atoms with Crippen LogP contribution in [0.15, 0.2) is 36.5 Å². The van der Waals surface area contributed by atoms with Crippen molar-refractivity contribution in [2.75, 3.05) is 13.2 Å². The lowest BCUT2D eigenvalue weighted by atomic mass is 10.0. The fourth-order valence-corrected chi connectivity index (χ4v) is 12.1. The molecule has 2 atom stereocenters. The van der Waals surface area contributed by atoms with Gasteiger partial charge in [0.25, 0.3) is 0 Å². The highest BCUT2D eigenvalue weighted by Crippen LogP contribution is 2.20. The summed E-state index contributed by atoms with van der Waals surface area (Å²) >= 11 is 0. The van der Waals surface area contributed by atoms with Crippen LogP contribution in [0.5, 0.6) is 0 Å². The zero-order valence-corrected chi connectivity index (χ0v) is 56.9. The first kappa shape index (κ1) is 82.1. The Morgan fingerprint density at radius 3 is 0.952 bits per heavy atom. The van der Waals surface area contributed by atoms with Crippen molar-refractivity contribution >= 4 is 11.9 Å². The molecule has 0 aliphatic heterocycles. The van der Waals surface area contributed by atoms with Crippen LogP contribution < -0.4 is 5.32 Å². The molecule has 0 aromatic rings. The van der Waals surface area contributed by atoms with Crippen LogP contribution in [-0.2, 0) is 14.3 Å². The van der Waals surface area contributed by atoms with Gasteiger partial charge in [-0.05, 0) is 57.8 Å². The van der Waals surface area contributed by atoms with Crippen LogP contribution in [0.2, 0.25) is 0 Å². The fourth-order valence-electron chi connectivity index (χ4n) is 12.1. The molecule has 0 heterocycles. The van der Waals surface area contributed by atoms with E-state index in [-0.39, 0.29) is 18.5 Å². The highest BCUT2D eigenvalue weighted by Gasteiger charge is 2.18. The van der Waals surface area contributed by atoms with E-state index in [1.54, 1.807) is 6.08 Å². The zero-order chi connectivity index (χ0) is 60.6. The number of carbonyl (C=O) groups excluding carboxylic acids is 2. The smallest absolute Gasteiger partial charge is 0.305 e. The number of aliphatic hydroxyl groups is 2. The molecule has 0 bridgehead atoms. The molecule has 0 aromatic carbocycles. The van der Waals surface area contributed by atoms with E-state index in [9.17, 15) is 19.8 Å². The second kappa shape index (κ2) is 73.5. The van der Waals surface area contributed by atoms with E-state index in [0.29, 0.717) is 19.4 Å². The Hall–Kier alpha value is -1.92. The number of esters is 1. The quantitative estimate of drug-likeness (QED) is 0.0320. The monoisotopic (exact) mass is 1180 g/mol. The molecule has 84 heavy (non-hydrogen) atoms. The minimum absolute atomic E-state index is 0.00737. The molecule has 6 nitrogen and oxygen atoms in total. The van der Waals surface area contributed by atoms with Crippen molar-refractivity contribution < 1.29 is 24.5 Å². The second-order valence-corrected chi connectivity index (χ2v) is 26.3. The second-order valence-electron chi connectivity index (χ2n) is 26.3. The van der Waals surface area contributed by atoms with Crippen molar-refractivity contribution in [3.8, 4) is 0 Å². The molecule has 2 unspecified atom stereocenters. The maximum absolute atomic E-state index is 12.5. The molecule has 1 amide bonds. The van der Waals surface area contributed by atoms with Gasteiger partial charge in [-0.25, -0.2) is 0 Å². The van der Waals surface area contributed by atoms with Gasteiger partial charge in [0.1, 0.15) is 0 Å². The predicted molar refractivity (Wildman–Crippen MR) is 370 cm³/mol. The lowest BCUT2D eigenvalue weighted by Crippen LogP contribution is -2.45. The topological polar surface area (TPSA) is 95.9 Å². The van der Waals surface area contributed by atoms with Crippen molar-refractivity contribution in [3.63, 3.8) is 0 Å². The first-order chi connectivity index (χ1) is 41.5. The van der Waals surface area contributed by atoms with Gasteiger partial charge >= 0.3 is 5.97 Å². The van der Waals surface area contributed by atoms with Gasteiger partial charge < -0.3 is 20.3 Å². The van der Waals surface area contributed by atoms with Crippen molar-refractivity contribution in [3.05, 3.63) is 36.5 Å². The Morgan fingerprint density at radius 1 is 0.333 bits per heavy atom. The van der Waals surface area contributed by atoms with Crippen LogP contribution in [0, 0.1) is 0 Å². The van der Waals surface area contributed by atoms with Crippen LogP contribution in [0.3, 0.4) is 0 Å². The zero-order valence-electron chi connectivity index (χ0n) is 56.9. The molecule has 6 heteroatoms. The van der Waals surface area contributed by atoms with Gasteiger partial charge in [0.15, 0.2) is 0 Å². The number of carbonyl (C=O) groups is 2. The molecule has 0 aliphatic rings. The SMILES string of the molecule is CCC/C=C\C/C=C\CCCCCCCC(=O)OCCCCCCCCCCCCCCCCCCCCCCCCCCCCCCCCCCCCCC(=O)NC(CO)C(O)/C=C/CCCCCCCCCCCCCCCCCCC. The Morgan fingerprint density at radius 2 is 0.619 bits per heavy atom. The Labute approximate surface area is 525 Å². The van der Waals surface area contributed by atoms with Crippen LogP contribution in [-0.4, -0.2) is 47.4 Å². The van der Waals surface area contributed by atoms with Gasteiger partial charge in [0, 0.05) is 12.8 Å². The van der Waals surface area contributed by atoms with Gasteiger partial charge in [-0.3, -0.25) is 9.59 Å². The average molecular weight is 1180 g/mol. The van der Waals surface area contributed by atoms with E-state index in [1.807, 2.05) is 6.08 Å². The number of unbranched alkanes of at least 4 members (excludes halogenated alkanes) is 57. The summed E-state index contributed by atoms with van der Waals surface area (Å²) in [5.41, 5.74) is 0. The van der Waals surface area contributed by atoms with E-state index in [0.717, 1.165) is 51.4 Å². The molecular weight excluding hydrogens is 1030 g/mol. The number of allylic oxidation sites excluding steroid dienone is 5. The third-order valence-corrected chi connectivity index (χ3v) is 17.9. The van der Waals surface area contributed by atoms with Crippen molar-refractivity contribution in [2.24, 2.45) is 0 Å². The minimum Gasteiger partial charge on any atom is -0.466 e. The maximum Gasteiger partial charge on any atom is 0.305 e. The number of amides is 1. The largest absolute Gasteiger partial charge is 0.466 e. The van der Waals surface area contributed by atoms with Crippen LogP contribution in [0.25, 0.3) is 0 Å². The Kier molecular flexibility index (Phi) is 71.9. The summed E-state index contributed by atoms with van der Waals surface area (Å²) < 4.78 is 5.48. The van der Waals surface area contributed by atoms with E-state index in [4.69, 9.17) is 4.74 Å². The molecule has 0 fully saturated rings. The summed E-state index contributed by atoms with van der Waals surface area (Å²) in [5.74, 6) is -0.0514. The number of ether oxygens (including phenoxy) is 1. The Balaban J connectivity index is 3.33. The summed E-state index contributed by atoms with van der Waals surface area (Å²) in [7, 11) is 0. The van der Waals surface area contributed by atoms with Gasteiger partial charge in [-0.15, -0.1) is 0 Å². The Bertz CT molecular complexity index is 1360. The lowest BCUT2D eigenvalue weighted by molar-refractivity contribution is -0.143. The third-order valence-electron chi connectivity index (χ3n) is 17.9. The molecule has 0 rings (SSSR count). The van der Waals surface area contributed by atoms with E-state index < -0.39 is 12.1 Å². The summed E-state index contributed by atoms with van der Waals surface area (Å²) in [6.45, 7) is 4.88. The number of rotatable bonds is 72. The van der Waals surface area contributed by atoms with Crippen molar-refractivity contribution in [1.82, 2.24) is 5.32 Å². The normalized spacial score (nSPS) is 12.7. The first-order valence-corrected chi connectivity index (χ1v) is 38.3. The average Bonchev–Trinajstić information content (AvgIpc) is 3.51. The first-order valence-electron chi connectivity index (χ1n) is 38.3. The maximum atomic E-state index is 12.5. The standard InChI is InChI=1S/C78H149NO5/c1-3-5-7-9-11-13-15-17-18-19-37-40-43-47-50-54-58-62-66-70-76(81)75(74-80)79-77(82)71-67-63-59-55-51-48-44-41-38-35-33-31-29-27-25-23-21-20-22-24-26-28-30-32-34-36-39-42-45-49-53-57-61-65-69-73-84-78(83)72-68-64-60-56-52-46-16-14-12-10-8-6-4-2/h8,10,14,16,66,70,75-76,80-81H,3-7,9,11-13,15,17-65,67-69,71-74H2,1-2H3,(H,79,82)/b10-8-,16-14-,70-66+. The molecule has 0 aromatic heterocycles. The van der Waals surface area contributed by atoms with Gasteiger partial charge in [-0.1, -0.05) is 391 Å². The molecule has 0 spiro atoms. The molecule has 0 saturated heterocycles. The van der Waals surface area contributed by atoms with E-state index in [1.165, 1.54) is 347 Å². The number of hydrogen-bond donors (Lipinski definition) is 3. The third kappa shape index (κ3) is 69.2. The lowest BCUT2D eigenvalue weighted by Gasteiger charge is -2.20. The molecule has 496 valence electrons. The predicted octanol–water partition coefficient (Wildman–Crippen LogP) is 25.0.